The van der Waals surface area contributed by atoms with Crippen LogP contribution in [0.25, 0.3) is 0 Å². The summed E-state index contributed by atoms with van der Waals surface area (Å²) in [6.07, 6.45) is 2.05. The van der Waals surface area contributed by atoms with Crippen molar-refractivity contribution in [2.75, 3.05) is 11.9 Å². The first kappa shape index (κ1) is 15.4. The second kappa shape index (κ2) is 6.65. The second-order valence-corrected chi connectivity index (χ2v) is 4.91. The number of nitrogens with zero attached hydrogens (tertiary/aromatic N) is 3. The maximum atomic E-state index is 11.9. The van der Waals surface area contributed by atoms with Gasteiger partial charge in [-0.05, 0) is 29.3 Å². The zero-order valence-corrected chi connectivity index (χ0v) is 12.8. The number of anilines is 2. The van der Waals surface area contributed by atoms with Gasteiger partial charge in [0, 0.05) is 37.5 Å². The molecule has 2 aromatic rings. The molecule has 21 heavy (non-hydrogen) atoms. The summed E-state index contributed by atoms with van der Waals surface area (Å²) in [5.74, 6) is 0.736. The predicted octanol–water partition coefficient (Wildman–Crippen LogP) is 2.95. The SMILES string of the molecule is CCC(=O)c1ccc(CN)c(N(C)c2ccnc(Cl)n2)c1. The van der Waals surface area contributed by atoms with Crippen LogP contribution in [-0.4, -0.2) is 22.8 Å². The molecule has 5 nitrogen and oxygen atoms in total. The van der Waals surface area contributed by atoms with Crippen molar-refractivity contribution < 1.29 is 4.79 Å². The summed E-state index contributed by atoms with van der Waals surface area (Å²) in [6.45, 7) is 2.21. The summed E-state index contributed by atoms with van der Waals surface area (Å²) in [5, 5.41) is 0.175. The highest BCUT2D eigenvalue weighted by Crippen LogP contribution is 2.27. The summed E-state index contributed by atoms with van der Waals surface area (Å²) in [7, 11) is 1.85. The lowest BCUT2D eigenvalue weighted by Gasteiger charge is -2.22. The standard InChI is InChI=1S/C15H17ClN4O/c1-3-13(21)10-4-5-11(9-17)12(8-10)20(2)14-6-7-18-15(16)19-14/h4-8H,3,9,17H2,1-2H3. The number of Topliss-reactive ketones (excluding diaryl/α,β-unsaturated/α-hetero) is 1. The number of ketones is 1. The van der Waals surface area contributed by atoms with E-state index < -0.39 is 0 Å². The molecule has 0 aliphatic rings. The Morgan fingerprint density at radius 3 is 2.76 bits per heavy atom. The van der Waals surface area contributed by atoms with Crippen LogP contribution in [-0.2, 0) is 6.54 Å². The molecule has 1 aromatic carbocycles. The smallest absolute Gasteiger partial charge is 0.224 e. The molecule has 6 heteroatoms. The molecule has 0 radical (unpaired) electrons. The maximum Gasteiger partial charge on any atom is 0.224 e. The first-order valence-electron chi connectivity index (χ1n) is 6.65. The Labute approximate surface area is 128 Å². The van der Waals surface area contributed by atoms with Gasteiger partial charge >= 0.3 is 0 Å². The molecule has 2 N–H and O–H groups in total. The Morgan fingerprint density at radius 2 is 2.14 bits per heavy atom. The summed E-state index contributed by atoms with van der Waals surface area (Å²) < 4.78 is 0. The van der Waals surface area contributed by atoms with E-state index in [4.69, 9.17) is 17.3 Å². The van der Waals surface area contributed by atoms with Crippen molar-refractivity contribution in [2.24, 2.45) is 5.73 Å². The van der Waals surface area contributed by atoms with Crippen LogP contribution in [0.5, 0.6) is 0 Å². The number of hydrogen-bond donors (Lipinski definition) is 1. The van der Waals surface area contributed by atoms with Gasteiger partial charge in [-0.25, -0.2) is 9.97 Å². The Hall–Kier alpha value is -1.98. The first-order chi connectivity index (χ1) is 10.1. The molecule has 0 saturated carbocycles. The van der Waals surface area contributed by atoms with Crippen LogP contribution in [0, 0.1) is 0 Å². The van der Waals surface area contributed by atoms with Gasteiger partial charge in [-0.1, -0.05) is 19.1 Å². The fourth-order valence-electron chi connectivity index (χ4n) is 2.06. The lowest BCUT2D eigenvalue weighted by Crippen LogP contribution is -2.16. The minimum absolute atomic E-state index is 0.0916. The van der Waals surface area contributed by atoms with Gasteiger partial charge in [0.05, 0.1) is 0 Å². The van der Waals surface area contributed by atoms with E-state index in [2.05, 4.69) is 9.97 Å². The van der Waals surface area contributed by atoms with Crippen molar-refractivity contribution in [3.8, 4) is 0 Å². The zero-order valence-electron chi connectivity index (χ0n) is 12.0. The number of hydrogen-bond acceptors (Lipinski definition) is 5. The lowest BCUT2D eigenvalue weighted by molar-refractivity contribution is 0.0988. The normalized spacial score (nSPS) is 10.5. The third kappa shape index (κ3) is 3.37. The molecule has 0 unspecified atom stereocenters. The molecule has 0 atom stereocenters. The van der Waals surface area contributed by atoms with Crippen LogP contribution in [0.3, 0.4) is 0 Å². The van der Waals surface area contributed by atoms with Crippen molar-refractivity contribution in [2.45, 2.75) is 19.9 Å². The highest BCUT2D eigenvalue weighted by molar-refractivity contribution is 6.28. The topological polar surface area (TPSA) is 72.1 Å². The van der Waals surface area contributed by atoms with Crippen molar-refractivity contribution >= 4 is 28.9 Å². The molecule has 0 aliphatic carbocycles. The minimum atomic E-state index is 0.0916. The van der Waals surface area contributed by atoms with E-state index in [0.717, 1.165) is 11.3 Å². The van der Waals surface area contributed by atoms with Crippen LogP contribution >= 0.6 is 11.6 Å². The highest BCUT2D eigenvalue weighted by Gasteiger charge is 2.13. The average molecular weight is 305 g/mol. The van der Waals surface area contributed by atoms with Crippen molar-refractivity contribution in [3.63, 3.8) is 0 Å². The molecular formula is C15H17ClN4O. The molecule has 0 fully saturated rings. The van der Waals surface area contributed by atoms with E-state index in [1.165, 1.54) is 0 Å². The quantitative estimate of drug-likeness (QED) is 0.679. The average Bonchev–Trinajstić information content (AvgIpc) is 2.52. The Balaban J connectivity index is 2.47. The van der Waals surface area contributed by atoms with E-state index in [1.54, 1.807) is 18.3 Å². The third-order valence-electron chi connectivity index (χ3n) is 3.26. The highest BCUT2D eigenvalue weighted by atomic mass is 35.5. The molecule has 2 rings (SSSR count). The summed E-state index contributed by atoms with van der Waals surface area (Å²) in [6, 6.07) is 7.26. The fourth-order valence-corrected chi connectivity index (χ4v) is 2.21. The van der Waals surface area contributed by atoms with Gasteiger partial charge in [0.2, 0.25) is 5.28 Å². The third-order valence-corrected chi connectivity index (χ3v) is 3.45. The van der Waals surface area contributed by atoms with Gasteiger partial charge < -0.3 is 10.6 Å². The minimum Gasteiger partial charge on any atom is -0.329 e. The van der Waals surface area contributed by atoms with Gasteiger partial charge in [-0.3, -0.25) is 4.79 Å². The Bertz CT molecular complexity index is 660. The maximum absolute atomic E-state index is 11.9. The van der Waals surface area contributed by atoms with Gasteiger partial charge in [0.15, 0.2) is 5.78 Å². The second-order valence-electron chi connectivity index (χ2n) is 4.57. The number of halogens is 1. The van der Waals surface area contributed by atoms with Gasteiger partial charge in [0.1, 0.15) is 5.82 Å². The Morgan fingerprint density at radius 1 is 1.38 bits per heavy atom. The van der Waals surface area contributed by atoms with E-state index in [9.17, 15) is 4.79 Å². The molecule has 110 valence electrons. The van der Waals surface area contributed by atoms with E-state index in [0.29, 0.717) is 24.3 Å². The number of carbonyl (C=O) groups is 1. The van der Waals surface area contributed by atoms with Crippen LogP contribution < -0.4 is 10.6 Å². The van der Waals surface area contributed by atoms with Crippen molar-refractivity contribution in [3.05, 3.63) is 46.9 Å². The monoisotopic (exact) mass is 304 g/mol. The van der Waals surface area contributed by atoms with Crippen LogP contribution in [0.1, 0.15) is 29.3 Å². The number of benzene rings is 1. The number of carbonyl (C=O) groups excluding carboxylic acids is 1. The molecule has 0 bridgehead atoms. The molecule has 0 aliphatic heterocycles. The summed E-state index contributed by atoms with van der Waals surface area (Å²) in [4.78, 5) is 21.8. The van der Waals surface area contributed by atoms with Crippen molar-refractivity contribution in [1.82, 2.24) is 9.97 Å². The number of aromatic nitrogens is 2. The van der Waals surface area contributed by atoms with E-state index >= 15 is 0 Å². The molecule has 1 heterocycles. The first-order valence-corrected chi connectivity index (χ1v) is 7.03. The molecule has 1 aromatic heterocycles. The fraction of sp³-hybridized carbons (Fsp3) is 0.267. The molecule has 0 saturated heterocycles. The van der Waals surface area contributed by atoms with Crippen molar-refractivity contribution in [1.29, 1.82) is 0 Å². The Kier molecular flexibility index (Phi) is 4.88. The van der Waals surface area contributed by atoms with Crippen LogP contribution in [0.15, 0.2) is 30.5 Å². The molecule has 0 amide bonds. The molecule has 0 spiro atoms. The van der Waals surface area contributed by atoms with Gasteiger partial charge in [-0.2, -0.15) is 0 Å². The lowest BCUT2D eigenvalue weighted by atomic mass is 10.0. The van der Waals surface area contributed by atoms with Gasteiger partial charge in [-0.15, -0.1) is 0 Å². The van der Waals surface area contributed by atoms with E-state index in [1.807, 2.05) is 31.0 Å². The van der Waals surface area contributed by atoms with E-state index in [-0.39, 0.29) is 11.1 Å². The molecular weight excluding hydrogens is 288 g/mol. The number of nitrogens with two attached hydrogens (primary N) is 1. The van der Waals surface area contributed by atoms with Crippen LogP contribution in [0.2, 0.25) is 5.28 Å². The van der Waals surface area contributed by atoms with Crippen LogP contribution in [0.4, 0.5) is 11.5 Å². The summed E-state index contributed by atoms with van der Waals surface area (Å²) >= 11 is 5.83. The van der Waals surface area contributed by atoms with Gasteiger partial charge in [0.25, 0.3) is 0 Å². The zero-order chi connectivity index (χ0) is 15.4. The summed E-state index contributed by atoms with van der Waals surface area (Å²) in [5.41, 5.74) is 8.22. The largest absolute Gasteiger partial charge is 0.329 e. The predicted molar refractivity (Wildman–Crippen MR) is 84.1 cm³/mol. The number of rotatable bonds is 5.